The third-order valence-corrected chi connectivity index (χ3v) is 4.71. The predicted octanol–water partition coefficient (Wildman–Crippen LogP) is 4.50. The van der Waals surface area contributed by atoms with Crippen molar-refractivity contribution in [2.45, 2.75) is 24.5 Å². The number of nitrogens with zero attached hydrogens (tertiary/aromatic N) is 3. The lowest BCUT2D eigenvalue weighted by Gasteiger charge is -2.08. The molecule has 27 heavy (non-hydrogen) atoms. The topological polar surface area (TPSA) is 91.3 Å². The normalized spacial score (nSPS) is 11.9. The van der Waals surface area contributed by atoms with Gasteiger partial charge in [-0.15, -0.1) is 10.2 Å². The maximum atomic E-state index is 11.0. The summed E-state index contributed by atoms with van der Waals surface area (Å²) in [5, 5.41) is 19.5. The van der Waals surface area contributed by atoms with E-state index in [1.54, 1.807) is 18.2 Å². The molecular formula is C19H19N3O4S. The number of thioether (sulfide) groups is 1. The van der Waals surface area contributed by atoms with Crippen LogP contribution < -0.4 is 4.74 Å². The van der Waals surface area contributed by atoms with Crippen molar-refractivity contribution >= 4 is 17.4 Å². The summed E-state index contributed by atoms with van der Waals surface area (Å²) >= 11 is 1.36. The molecule has 0 aliphatic heterocycles. The van der Waals surface area contributed by atoms with E-state index in [1.165, 1.54) is 23.4 Å². The standard InChI is InChI=1S/C19H19N3O4S/c1-14(15-7-3-2-4-8-15)13-18-20-21-19(26-18)27-12-11-25-17-10-6-5-9-16(17)22(23)24/h2-10,14H,11-13H2,1H3. The first-order valence-electron chi connectivity index (χ1n) is 8.50. The zero-order valence-corrected chi connectivity index (χ0v) is 15.6. The van der Waals surface area contributed by atoms with Crippen LogP contribution in [0.3, 0.4) is 0 Å². The Morgan fingerprint density at radius 1 is 1.15 bits per heavy atom. The SMILES string of the molecule is CC(Cc1nnc(SCCOc2ccccc2[N+](=O)[O-])o1)c1ccccc1. The van der Waals surface area contributed by atoms with Gasteiger partial charge in [-0.25, -0.2) is 0 Å². The molecule has 0 N–H and O–H groups in total. The minimum atomic E-state index is -0.458. The maximum absolute atomic E-state index is 11.0. The molecule has 0 bridgehead atoms. The second-order valence-electron chi connectivity index (χ2n) is 5.90. The average Bonchev–Trinajstić information content (AvgIpc) is 3.13. The van der Waals surface area contributed by atoms with Gasteiger partial charge in [-0.05, 0) is 17.5 Å². The van der Waals surface area contributed by atoms with Gasteiger partial charge in [0.25, 0.3) is 5.22 Å². The lowest BCUT2D eigenvalue weighted by molar-refractivity contribution is -0.385. The highest BCUT2D eigenvalue weighted by atomic mass is 32.2. The summed E-state index contributed by atoms with van der Waals surface area (Å²) in [6.45, 7) is 2.42. The van der Waals surface area contributed by atoms with Crippen molar-refractivity contribution in [3.05, 3.63) is 76.2 Å². The average molecular weight is 385 g/mol. The van der Waals surface area contributed by atoms with Crippen LogP contribution in [0, 0.1) is 10.1 Å². The molecule has 1 atom stereocenters. The lowest BCUT2D eigenvalue weighted by Crippen LogP contribution is -2.02. The van der Waals surface area contributed by atoms with Crippen molar-refractivity contribution in [1.29, 1.82) is 0 Å². The Balaban J connectivity index is 1.47. The first-order chi connectivity index (χ1) is 13.1. The van der Waals surface area contributed by atoms with Crippen LogP contribution in [0.2, 0.25) is 0 Å². The first kappa shape index (κ1) is 18.9. The van der Waals surface area contributed by atoms with Crippen LogP contribution in [0.4, 0.5) is 5.69 Å². The number of rotatable bonds is 9. The van der Waals surface area contributed by atoms with E-state index in [2.05, 4.69) is 29.3 Å². The summed E-state index contributed by atoms with van der Waals surface area (Å²) in [5.74, 6) is 1.67. The Morgan fingerprint density at radius 2 is 1.89 bits per heavy atom. The number of ether oxygens (including phenoxy) is 1. The molecule has 0 aliphatic rings. The Morgan fingerprint density at radius 3 is 2.67 bits per heavy atom. The summed E-state index contributed by atoms with van der Waals surface area (Å²) in [7, 11) is 0. The minimum absolute atomic E-state index is 0.0440. The van der Waals surface area contributed by atoms with Gasteiger partial charge in [0.15, 0.2) is 5.75 Å². The van der Waals surface area contributed by atoms with E-state index in [1.807, 2.05) is 18.2 Å². The fraction of sp³-hybridized carbons (Fsp3) is 0.263. The summed E-state index contributed by atoms with van der Waals surface area (Å²) in [5.41, 5.74) is 1.18. The van der Waals surface area contributed by atoms with Crippen LogP contribution in [0.5, 0.6) is 5.75 Å². The third kappa shape index (κ3) is 5.30. The Labute approximate surface area is 160 Å². The molecule has 0 aliphatic carbocycles. The monoisotopic (exact) mass is 385 g/mol. The molecule has 0 saturated carbocycles. The largest absolute Gasteiger partial charge is 0.486 e. The fourth-order valence-electron chi connectivity index (χ4n) is 2.55. The van der Waals surface area contributed by atoms with E-state index < -0.39 is 4.92 Å². The van der Waals surface area contributed by atoms with E-state index in [4.69, 9.17) is 9.15 Å². The second-order valence-corrected chi connectivity index (χ2v) is 6.95. The molecule has 1 heterocycles. The van der Waals surface area contributed by atoms with Crippen LogP contribution in [-0.4, -0.2) is 27.5 Å². The smallest absolute Gasteiger partial charge is 0.310 e. The predicted molar refractivity (Wildman–Crippen MR) is 102 cm³/mol. The number of nitro benzene ring substituents is 1. The Kier molecular flexibility index (Phi) is 6.43. The fourth-order valence-corrected chi connectivity index (χ4v) is 3.15. The molecule has 1 aromatic heterocycles. The zero-order chi connectivity index (χ0) is 19.1. The van der Waals surface area contributed by atoms with E-state index >= 15 is 0 Å². The molecule has 3 rings (SSSR count). The van der Waals surface area contributed by atoms with Crippen LogP contribution in [0.15, 0.2) is 64.2 Å². The molecule has 8 heteroatoms. The number of aromatic nitrogens is 2. The van der Waals surface area contributed by atoms with Crippen LogP contribution >= 0.6 is 11.8 Å². The summed E-state index contributed by atoms with van der Waals surface area (Å²) in [6.07, 6.45) is 0.671. The van der Waals surface area contributed by atoms with Gasteiger partial charge in [0.2, 0.25) is 5.89 Å². The molecule has 2 aromatic carbocycles. The van der Waals surface area contributed by atoms with Gasteiger partial charge in [0.1, 0.15) is 0 Å². The van der Waals surface area contributed by atoms with Crippen LogP contribution in [0.1, 0.15) is 24.3 Å². The first-order valence-corrected chi connectivity index (χ1v) is 9.48. The minimum Gasteiger partial charge on any atom is -0.486 e. The lowest BCUT2D eigenvalue weighted by atomic mass is 9.98. The van der Waals surface area contributed by atoms with Crippen molar-refractivity contribution in [3.8, 4) is 5.75 Å². The molecule has 1 unspecified atom stereocenters. The Hall–Kier alpha value is -2.87. The highest BCUT2D eigenvalue weighted by molar-refractivity contribution is 7.99. The molecule has 0 spiro atoms. The van der Waals surface area contributed by atoms with Crippen molar-refractivity contribution in [2.24, 2.45) is 0 Å². The van der Waals surface area contributed by atoms with Gasteiger partial charge < -0.3 is 9.15 Å². The molecule has 3 aromatic rings. The van der Waals surface area contributed by atoms with Crippen LogP contribution in [-0.2, 0) is 6.42 Å². The van der Waals surface area contributed by atoms with Gasteiger partial charge in [-0.2, -0.15) is 0 Å². The molecule has 0 radical (unpaired) electrons. The summed E-state index contributed by atoms with van der Waals surface area (Å²) in [6, 6.07) is 16.5. The number of hydrogen-bond acceptors (Lipinski definition) is 7. The van der Waals surface area contributed by atoms with Gasteiger partial charge >= 0.3 is 5.69 Å². The molecule has 7 nitrogen and oxygen atoms in total. The highest BCUT2D eigenvalue weighted by Crippen LogP contribution is 2.26. The van der Waals surface area contributed by atoms with Crippen molar-refractivity contribution in [1.82, 2.24) is 10.2 Å². The number of nitro groups is 1. The van der Waals surface area contributed by atoms with Crippen molar-refractivity contribution in [2.75, 3.05) is 12.4 Å². The maximum Gasteiger partial charge on any atom is 0.310 e. The van der Waals surface area contributed by atoms with E-state index in [0.717, 1.165) is 0 Å². The number of para-hydroxylation sites is 2. The van der Waals surface area contributed by atoms with Crippen molar-refractivity contribution in [3.63, 3.8) is 0 Å². The van der Waals surface area contributed by atoms with Crippen LogP contribution in [0.25, 0.3) is 0 Å². The third-order valence-electron chi connectivity index (χ3n) is 3.93. The van der Waals surface area contributed by atoms with Gasteiger partial charge in [0, 0.05) is 18.2 Å². The van der Waals surface area contributed by atoms with E-state index in [-0.39, 0.29) is 17.4 Å². The highest BCUT2D eigenvalue weighted by Gasteiger charge is 2.15. The quantitative estimate of drug-likeness (QED) is 0.232. The molecule has 0 fully saturated rings. The molecule has 140 valence electrons. The molecule has 0 amide bonds. The molecular weight excluding hydrogens is 366 g/mol. The Bertz CT molecular complexity index is 885. The van der Waals surface area contributed by atoms with Gasteiger partial charge in [-0.1, -0.05) is 61.2 Å². The summed E-state index contributed by atoms with van der Waals surface area (Å²) < 4.78 is 11.2. The van der Waals surface area contributed by atoms with Gasteiger partial charge in [0.05, 0.1) is 11.5 Å². The number of hydrogen-bond donors (Lipinski definition) is 0. The van der Waals surface area contributed by atoms with E-state index in [9.17, 15) is 10.1 Å². The van der Waals surface area contributed by atoms with Gasteiger partial charge in [-0.3, -0.25) is 10.1 Å². The zero-order valence-electron chi connectivity index (χ0n) is 14.8. The van der Waals surface area contributed by atoms with Crippen molar-refractivity contribution < 1.29 is 14.1 Å². The number of benzene rings is 2. The molecule has 0 saturated heterocycles. The second kappa shape index (κ2) is 9.18. The summed E-state index contributed by atoms with van der Waals surface area (Å²) in [4.78, 5) is 10.5. The van der Waals surface area contributed by atoms with E-state index in [0.29, 0.717) is 29.9 Å².